The highest BCUT2D eigenvalue weighted by Crippen LogP contribution is 2.10. The molecule has 4 nitrogen and oxygen atoms in total. The number of hydrogen-bond acceptors (Lipinski definition) is 4. The summed E-state index contributed by atoms with van der Waals surface area (Å²) in [5.41, 5.74) is 1.08. The lowest BCUT2D eigenvalue weighted by Crippen LogP contribution is -2.28. The van der Waals surface area contributed by atoms with Crippen molar-refractivity contribution >= 4 is 42.1 Å². The van der Waals surface area contributed by atoms with Crippen molar-refractivity contribution in [3.05, 3.63) is 16.1 Å². The normalized spacial score (nSPS) is 9.22. The van der Waals surface area contributed by atoms with Crippen molar-refractivity contribution in [2.75, 3.05) is 20.1 Å². The van der Waals surface area contributed by atoms with E-state index in [0.717, 1.165) is 30.1 Å². The average molecular weight is 314 g/mol. The zero-order valence-electron chi connectivity index (χ0n) is 10.7. The van der Waals surface area contributed by atoms with Gasteiger partial charge in [-0.15, -0.1) is 36.2 Å². The Kier molecular flexibility index (Phi) is 13.0. The zero-order valence-corrected chi connectivity index (χ0v) is 13.1. The lowest BCUT2D eigenvalue weighted by Gasteiger charge is -2.03. The highest BCUT2D eigenvalue weighted by Gasteiger charge is 2.02. The Labute approximate surface area is 125 Å². The van der Waals surface area contributed by atoms with Gasteiger partial charge in [-0.05, 0) is 13.5 Å². The number of aromatic nitrogens is 1. The Morgan fingerprint density at radius 1 is 1.39 bits per heavy atom. The van der Waals surface area contributed by atoms with E-state index in [-0.39, 0.29) is 30.7 Å². The maximum Gasteiger partial charge on any atom is 0.221 e. The van der Waals surface area contributed by atoms with Crippen molar-refractivity contribution in [3.8, 4) is 0 Å². The first-order valence-electron chi connectivity index (χ1n) is 5.60. The molecule has 0 atom stereocenters. The van der Waals surface area contributed by atoms with Crippen molar-refractivity contribution < 1.29 is 4.79 Å². The molecule has 0 radical (unpaired) electrons. The number of hydrogen-bond donors (Lipinski definition) is 2. The molecule has 1 heterocycles. The highest BCUT2D eigenvalue weighted by atomic mass is 35.5. The summed E-state index contributed by atoms with van der Waals surface area (Å²) >= 11 is 1.69. The lowest BCUT2D eigenvalue weighted by molar-refractivity contribution is -0.120. The summed E-state index contributed by atoms with van der Waals surface area (Å²) in [6, 6.07) is 0. The third kappa shape index (κ3) is 7.87. The fourth-order valence-electron chi connectivity index (χ4n) is 1.28. The fraction of sp³-hybridized carbons (Fsp3) is 0.636. The number of halogens is 2. The second-order valence-corrected chi connectivity index (χ2v) is 4.48. The van der Waals surface area contributed by atoms with Crippen LogP contribution < -0.4 is 10.6 Å². The van der Waals surface area contributed by atoms with Crippen molar-refractivity contribution in [1.29, 1.82) is 0 Å². The molecule has 106 valence electrons. The first kappa shape index (κ1) is 20.0. The average Bonchev–Trinajstić information content (AvgIpc) is 2.74. The van der Waals surface area contributed by atoms with Gasteiger partial charge in [0.2, 0.25) is 5.91 Å². The van der Waals surface area contributed by atoms with Crippen LogP contribution in [0.2, 0.25) is 0 Å². The Balaban J connectivity index is 0. The number of carbonyl (C=O) groups is 1. The van der Waals surface area contributed by atoms with E-state index in [1.54, 1.807) is 11.3 Å². The number of carbonyl (C=O) groups excluding carboxylic acids is 1. The number of amides is 1. The van der Waals surface area contributed by atoms with Gasteiger partial charge in [0.1, 0.15) is 0 Å². The lowest BCUT2D eigenvalue weighted by atomic mass is 10.3. The zero-order chi connectivity index (χ0) is 11.8. The summed E-state index contributed by atoms with van der Waals surface area (Å²) in [4.78, 5) is 15.7. The summed E-state index contributed by atoms with van der Waals surface area (Å²) in [5, 5.41) is 9.06. The molecule has 0 saturated heterocycles. The van der Waals surface area contributed by atoms with Crippen LogP contribution in [0.15, 0.2) is 5.38 Å². The van der Waals surface area contributed by atoms with Crippen molar-refractivity contribution in [3.63, 3.8) is 0 Å². The quantitative estimate of drug-likeness (QED) is 0.807. The van der Waals surface area contributed by atoms with Crippen LogP contribution in [0.5, 0.6) is 0 Å². The second kappa shape index (κ2) is 11.7. The molecule has 1 aromatic rings. The van der Waals surface area contributed by atoms with Crippen molar-refractivity contribution in [2.45, 2.75) is 26.2 Å². The molecular formula is C11H21Cl2N3OS. The van der Waals surface area contributed by atoms with Crippen LogP contribution in [0.1, 0.15) is 24.0 Å². The van der Waals surface area contributed by atoms with Gasteiger partial charge in [-0.1, -0.05) is 6.92 Å². The molecule has 0 saturated carbocycles. The van der Waals surface area contributed by atoms with Crippen molar-refractivity contribution in [1.82, 2.24) is 15.6 Å². The number of thiazole rings is 1. The number of nitrogens with zero attached hydrogens (tertiary/aromatic N) is 1. The van der Waals surface area contributed by atoms with E-state index >= 15 is 0 Å². The molecule has 0 bridgehead atoms. The second-order valence-electron chi connectivity index (χ2n) is 3.54. The van der Waals surface area contributed by atoms with Crippen molar-refractivity contribution in [2.24, 2.45) is 0 Å². The first-order valence-corrected chi connectivity index (χ1v) is 6.48. The van der Waals surface area contributed by atoms with E-state index in [1.807, 2.05) is 7.05 Å². The standard InChI is InChI=1S/C11H19N3OS.2ClH/c1-3-11-14-9(8-16-11)4-7-13-10(15)5-6-12-2;;/h8,12H,3-7H2,1-2H3,(H,13,15);2*1H. The molecule has 0 aliphatic carbocycles. The van der Waals surface area contributed by atoms with Gasteiger partial charge < -0.3 is 10.6 Å². The molecule has 0 unspecified atom stereocenters. The number of rotatable bonds is 7. The van der Waals surface area contributed by atoms with Gasteiger partial charge in [0.25, 0.3) is 0 Å². The van der Waals surface area contributed by atoms with Crippen LogP contribution in [0.4, 0.5) is 0 Å². The molecule has 18 heavy (non-hydrogen) atoms. The van der Waals surface area contributed by atoms with Gasteiger partial charge in [-0.3, -0.25) is 4.79 Å². The first-order chi connectivity index (χ1) is 7.76. The van der Waals surface area contributed by atoms with E-state index in [4.69, 9.17) is 0 Å². The van der Waals surface area contributed by atoms with Crippen LogP contribution in [0, 0.1) is 0 Å². The minimum Gasteiger partial charge on any atom is -0.356 e. The molecule has 0 aliphatic rings. The topological polar surface area (TPSA) is 54.0 Å². The predicted molar refractivity (Wildman–Crippen MR) is 81.2 cm³/mol. The van der Waals surface area contributed by atoms with Crippen LogP contribution in [-0.2, 0) is 17.6 Å². The molecule has 1 rings (SSSR count). The SMILES string of the molecule is CCc1nc(CCNC(=O)CCNC)cs1.Cl.Cl. The van der Waals surface area contributed by atoms with Crippen LogP contribution in [0.25, 0.3) is 0 Å². The molecule has 0 fully saturated rings. The maximum atomic E-state index is 11.3. The Morgan fingerprint density at radius 3 is 2.67 bits per heavy atom. The van der Waals surface area contributed by atoms with E-state index in [2.05, 4.69) is 27.9 Å². The minimum atomic E-state index is 0. The van der Waals surface area contributed by atoms with Gasteiger partial charge in [0.05, 0.1) is 10.7 Å². The predicted octanol–water partition coefficient (Wildman–Crippen LogP) is 1.82. The van der Waals surface area contributed by atoms with E-state index in [1.165, 1.54) is 0 Å². The highest BCUT2D eigenvalue weighted by molar-refractivity contribution is 7.09. The Morgan fingerprint density at radius 2 is 2.11 bits per heavy atom. The van der Waals surface area contributed by atoms with E-state index in [0.29, 0.717) is 13.0 Å². The summed E-state index contributed by atoms with van der Waals surface area (Å²) in [6.07, 6.45) is 2.34. The Bertz CT molecular complexity index is 334. The summed E-state index contributed by atoms with van der Waals surface area (Å²) in [7, 11) is 1.84. The molecule has 0 aliphatic heterocycles. The Hall–Kier alpha value is -0.360. The molecule has 7 heteroatoms. The fourth-order valence-corrected chi connectivity index (χ4v) is 2.06. The molecule has 0 spiro atoms. The third-order valence-electron chi connectivity index (χ3n) is 2.21. The molecule has 1 amide bonds. The van der Waals surface area contributed by atoms with Gasteiger partial charge >= 0.3 is 0 Å². The van der Waals surface area contributed by atoms with Crippen LogP contribution in [-0.4, -0.2) is 31.0 Å². The van der Waals surface area contributed by atoms with Gasteiger partial charge in [-0.2, -0.15) is 0 Å². The van der Waals surface area contributed by atoms with Gasteiger partial charge in [-0.25, -0.2) is 4.98 Å². The smallest absolute Gasteiger partial charge is 0.221 e. The van der Waals surface area contributed by atoms with Gasteiger partial charge in [0.15, 0.2) is 0 Å². The van der Waals surface area contributed by atoms with E-state index < -0.39 is 0 Å². The molecule has 0 aromatic carbocycles. The third-order valence-corrected chi connectivity index (χ3v) is 3.25. The molecular weight excluding hydrogens is 293 g/mol. The summed E-state index contributed by atoms with van der Waals surface area (Å²) < 4.78 is 0. The largest absolute Gasteiger partial charge is 0.356 e. The monoisotopic (exact) mass is 313 g/mol. The maximum absolute atomic E-state index is 11.3. The summed E-state index contributed by atoms with van der Waals surface area (Å²) in [5.74, 6) is 0.0975. The van der Waals surface area contributed by atoms with Crippen LogP contribution >= 0.6 is 36.2 Å². The summed E-state index contributed by atoms with van der Waals surface area (Å²) in [6.45, 7) is 3.50. The van der Waals surface area contributed by atoms with E-state index in [9.17, 15) is 4.79 Å². The minimum absolute atomic E-state index is 0. The molecule has 2 N–H and O–H groups in total. The van der Waals surface area contributed by atoms with Gasteiger partial charge in [0, 0.05) is 31.3 Å². The molecule has 1 aromatic heterocycles. The van der Waals surface area contributed by atoms with Crippen LogP contribution in [0.3, 0.4) is 0 Å². The number of aryl methyl sites for hydroxylation is 1. The number of nitrogens with one attached hydrogen (secondary N) is 2.